The fourth-order valence-electron chi connectivity index (χ4n) is 3.25. The monoisotopic (exact) mass is 386 g/mol. The third-order valence-electron chi connectivity index (χ3n) is 4.54. The van der Waals surface area contributed by atoms with Crippen molar-refractivity contribution in [1.82, 2.24) is 14.4 Å². The molecule has 0 saturated carbocycles. The van der Waals surface area contributed by atoms with Gasteiger partial charge in [-0.25, -0.2) is 4.98 Å². The van der Waals surface area contributed by atoms with Gasteiger partial charge in [0, 0.05) is 40.3 Å². The molecule has 3 heterocycles. The van der Waals surface area contributed by atoms with E-state index in [2.05, 4.69) is 15.3 Å². The molecule has 1 amide bonds. The topological polar surface area (TPSA) is 79.3 Å². The predicted molar refractivity (Wildman–Crippen MR) is 111 cm³/mol. The molecule has 2 aromatic carbocycles. The first kappa shape index (κ1) is 16.5. The van der Waals surface area contributed by atoms with Crippen LogP contribution in [0.15, 0.2) is 77.2 Å². The van der Waals surface area contributed by atoms with Crippen LogP contribution < -0.4 is 10.9 Å². The zero-order chi connectivity index (χ0) is 19.1. The number of rotatable bonds is 3. The van der Waals surface area contributed by atoms with E-state index in [-0.39, 0.29) is 11.5 Å². The minimum atomic E-state index is -0.337. The Bertz CT molecular complexity index is 1370. The highest BCUT2D eigenvalue weighted by Gasteiger charge is 2.15. The van der Waals surface area contributed by atoms with Crippen LogP contribution in [0.3, 0.4) is 0 Å². The summed E-state index contributed by atoms with van der Waals surface area (Å²) in [5.74, 6) is -0.337. The van der Waals surface area contributed by atoms with Gasteiger partial charge in [-0.2, -0.15) is 0 Å². The van der Waals surface area contributed by atoms with Crippen LogP contribution in [-0.4, -0.2) is 20.3 Å². The summed E-state index contributed by atoms with van der Waals surface area (Å²) in [7, 11) is 0. The van der Waals surface area contributed by atoms with E-state index >= 15 is 0 Å². The number of aromatic amines is 1. The van der Waals surface area contributed by atoms with Gasteiger partial charge in [-0.3, -0.25) is 14.0 Å². The van der Waals surface area contributed by atoms with E-state index in [9.17, 15) is 9.59 Å². The highest BCUT2D eigenvalue weighted by Crippen LogP contribution is 2.29. The number of pyridine rings is 1. The van der Waals surface area contributed by atoms with Gasteiger partial charge in [0.05, 0.1) is 16.9 Å². The number of imidazole rings is 1. The van der Waals surface area contributed by atoms with Gasteiger partial charge in [-0.1, -0.05) is 36.4 Å². The van der Waals surface area contributed by atoms with Crippen molar-refractivity contribution < 1.29 is 4.79 Å². The highest BCUT2D eigenvalue weighted by molar-refractivity contribution is 7.15. The number of benzene rings is 2. The van der Waals surface area contributed by atoms with Gasteiger partial charge < -0.3 is 10.3 Å². The lowest BCUT2D eigenvalue weighted by Crippen LogP contribution is -2.17. The van der Waals surface area contributed by atoms with Crippen LogP contribution in [0.5, 0.6) is 0 Å². The molecule has 0 radical (unpaired) electrons. The fraction of sp³-hybridized carbons (Fsp3) is 0. The van der Waals surface area contributed by atoms with Gasteiger partial charge in [-0.15, -0.1) is 11.3 Å². The molecule has 0 spiro atoms. The second-order valence-electron chi connectivity index (χ2n) is 6.31. The second-order valence-corrected chi connectivity index (χ2v) is 7.18. The molecule has 0 fully saturated rings. The lowest BCUT2D eigenvalue weighted by Gasteiger charge is -2.11. The molecule has 5 rings (SSSR count). The standard InChI is InChI=1S/C21H14N4O2S/c26-19-11-15(13-5-1-3-7-16(13)22-19)20(27)23-17-8-4-2-6-14(17)18-12-25-9-10-28-21(25)24-18/h1-12H,(H,22,26)(H,23,27). The van der Waals surface area contributed by atoms with Gasteiger partial charge in [0.2, 0.25) is 5.56 Å². The minimum absolute atomic E-state index is 0.313. The zero-order valence-corrected chi connectivity index (χ0v) is 15.4. The summed E-state index contributed by atoms with van der Waals surface area (Å²) in [6.07, 6.45) is 3.87. The number of aromatic nitrogens is 3. The number of H-pyrrole nitrogens is 1. The summed E-state index contributed by atoms with van der Waals surface area (Å²) < 4.78 is 1.95. The molecule has 0 bridgehead atoms. The minimum Gasteiger partial charge on any atom is -0.322 e. The number of fused-ring (bicyclic) bond motifs is 2. The Balaban J connectivity index is 1.56. The summed E-state index contributed by atoms with van der Waals surface area (Å²) in [6, 6.07) is 16.1. The summed E-state index contributed by atoms with van der Waals surface area (Å²) in [4.78, 5) is 33.2. The van der Waals surface area contributed by atoms with Crippen molar-refractivity contribution in [1.29, 1.82) is 0 Å². The quantitative estimate of drug-likeness (QED) is 0.489. The maximum absolute atomic E-state index is 13.0. The van der Waals surface area contributed by atoms with Crippen LogP contribution >= 0.6 is 11.3 Å². The third kappa shape index (κ3) is 2.78. The van der Waals surface area contributed by atoms with E-state index in [0.29, 0.717) is 22.2 Å². The SMILES string of the molecule is O=C(Nc1ccccc1-c1cn2ccsc2n1)c1cc(=O)[nH]c2ccccc12. The van der Waals surface area contributed by atoms with E-state index in [1.54, 1.807) is 17.4 Å². The number of nitrogens with one attached hydrogen (secondary N) is 2. The Morgan fingerprint density at radius 2 is 1.93 bits per heavy atom. The molecular formula is C21H14N4O2S. The third-order valence-corrected chi connectivity index (χ3v) is 5.31. The number of anilines is 1. The largest absolute Gasteiger partial charge is 0.322 e. The number of hydrogen-bond acceptors (Lipinski definition) is 4. The van der Waals surface area contributed by atoms with Crippen molar-refractivity contribution in [3.8, 4) is 11.3 Å². The molecule has 0 saturated heterocycles. The fourth-order valence-corrected chi connectivity index (χ4v) is 3.95. The summed E-state index contributed by atoms with van der Waals surface area (Å²) in [5.41, 5.74) is 2.89. The van der Waals surface area contributed by atoms with Gasteiger partial charge in [0.15, 0.2) is 4.96 Å². The van der Waals surface area contributed by atoms with Crippen molar-refractivity contribution in [2.24, 2.45) is 0 Å². The van der Waals surface area contributed by atoms with Crippen LogP contribution in [0.4, 0.5) is 5.69 Å². The Hall–Kier alpha value is -3.71. The predicted octanol–water partition coefficient (Wildman–Crippen LogP) is 4.16. The first-order valence-electron chi connectivity index (χ1n) is 8.64. The average molecular weight is 386 g/mol. The Morgan fingerprint density at radius 3 is 2.82 bits per heavy atom. The Labute approximate surface area is 163 Å². The molecule has 7 heteroatoms. The molecule has 0 aliphatic rings. The molecule has 0 aliphatic carbocycles. The highest BCUT2D eigenvalue weighted by atomic mass is 32.1. The normalized spacial score (nSPS) is 11.1. The number of carbonyl (C=O) groups excluding carboxylic acids is 1. The molecule has 5 aromatic rings. The van der Waals surface area contributed by atoms with Gasteiger partial charge >= 0.3 is 0 Å². The van der Waals surface area contributed by atoms with E-state index in [1.807, 2.05) is 64.6 Å². The molecule has 28 heavy (non-hydrogen) atoms. The summed E-state index contributed by atoms with van der Waals surface area (Å²) >= 11 is 1.55. The number of hydrogen-bond donors (Lipinski definition) is 2. The van der Waals surface area contributed by atoms with Crippen LogP contribution in [-0.2, 0) is 0 Å². The average Bonchev–Trinajstić information content (AvgIpc) is 3.30. The van der Waals surface area contributed by atoms with Crippen molar-refractivity contribution in [2.75, 3.05) is 5.32 Å². The van der Waals surface area contributed by atoms with Gasteiger partial charge in [-0.05, 0) is 12.1 Å². The van der Waals surface area contributed by atoms with Crippen LogP contribution in [0, 0.1) is 0 Å². The molecule has 0 atom stereocenters. The molecular weight excluding hydrogens is 372 g/mol. The van der Waals surface area contributed by atoms with Crippen molar-refractivity contribution in [2.45, 2.75) is 0 Å². The first-order valence-corrected chi connectivity index (χ1v) is 9.52. The van der Waals surface area contributed by atoms with Crippen LogP contribution in [0.1, 0.15) is 10.4 Å². The maximum atomic E-state index is 13.0. The smallest absolute Gasteiger partial charge is 0.256 e. The lowest BCUT2D eigenvalue weighted by molar-refractivity contribution is 0.102. The lowest BCUT2D eigenvalue weighted by atomic mass is 10.1. The van der Waals surface area contributed by atoms with Crippen molar-refractivity contribution in [3.05, 3.63) is 88.3 Å². The summed E-state index contributed by atoms with van der Waals surface area (Å²) in [5, 5.41) is 5.61. The zero-order valence-electron chi connectivity index (χ0n) is 14.5. The maximum Gasteiger partial charge on any atom is 0.256 e. The molecule has 136 valence electrons. The molecule has 2 N–H and O–H groups in total. The van der Waals surface area contributed by atoms with Gasteiger partial charge in [0.1, 0.15) is 0 Å². The van der Waals surface area contributed by atoms with E-state index in [1.165, 1.54) is 6.07 Å². The Morgan fingerprint density at radius 1 is 1.11 bits per heavy atom. The molecule has 0 aliphatic heterocycles. The molecule has 0 unspecified atom stereocenters. The van der Waals surface area contributed by atoms with Gasteiger partial charge in [0.25, 0.3) is 5.91 Å². The van der Waals surface area contributed by atoms with E-state index < -0.39 is 0 Å². The first-order chi connectivity index (χ1) is 13.7. The second kappa shape index (κ2) is 6.47. The number of nitrogens with zero attached hydrogens (tertiary/aromatic N) is 2. The van der Waals surface area contributed by atoms with Crippen molar-refractivity contribution in [3.63, 3.8) is 0 Å². The summed E-state index contributed by atoms with van der Waals surface area (Å²) in [6.45, 7) is 0. The van der Waals surface area contributed by atoms with E-state index in [0.717, 1.165) is 16.2 Å². The van der Waals surface area contributed by atoms with Crippen LogP contribution in [0.2, 0.25) is 0 Å². The number of para-hydroxylation sites is 2. The van der Waals surface area contributed by atoms with E-state index in [4.69, 9.17) is 0 Å². The number of carbonyl (C=O) groups is 1. The number of thiazole rings is 1. The van der Waals surface area contributed by atoms with Crippen molar-refractivity contribution >= 4 is 38.8 Å². The molecule has 3 aromatic heterocycles. The number of amides is 1. The molecule has 6 nitrogen and oxygen atoms in total. The Kier molecular flexibility index (Phi) is 3.80. The van der Waals surface area contributed by atoms with Crippen LogP contribution in [0.25, 0.3) is 27.1 Å².